The van der Waals surface area contributed by atoms with E-state index in [0.717, 1.165) is 79.4 Å². The summed E-state index contributed by atoms with van der Waals surface area (Å²) in [6, 6.07) is 32.8. The summed E-state index contributed by atoms with van der Waals surface area (Å²) in [7, 11) is 0. The molecule has 0 amide bonds. The molecule has 0 saturated heterocycles. The highest BCUT2D eigenvalue weighted by Gasteiger charge is 2.13. The molecule has 6 heteroatoms. The summed E-state index contributed by atoms with van der Waals surface area (Å²) in [5.74, 6) is 0. The number of azo groups is 1. The summed E-state index contributed by atoms with van der Waals surface area (Å²) < 4.78 is 2.31. The van der Waals surface area contributed by atoms with Gasteiger partial charge in [-0.2, -0.15) is 5.26 Å². The van der Waals surface area contributed by atoms with Crippen LogP contribution in [0, 0.1) is 25.2 Å². The zero-order chi connectivity index (χ0) is 32.9. The summed E-state index contributed by atoms with van der Waals surface area (Å²) >= 11 is 3.32. The molecule has 0 fully saturated rings. The number of nitriles is 1. The minimum absolute atomic E-state index is 0.686. The van der Waals surface area contributed by atoms with Crippen LogP contribution in [-0.2, 0) is 6.42 Å². The van der Waals surface area contributed by atoms with Crippen LogP contribution in [0.25, 0.3) is 42.9 Å². The van der Waals surface area contributed by atoms with E-state index >= 15 is 0 Å². The van der Waals surface area contributed by atoms with Crippen LogP contribution in [0.5, 0.6) is 0 Å². The van der Waals surface area contributed by atoms with Gasteiger partial charge in [0, 0.05) is 38.6 Å². The third-order valence-electron chi connectivity index (χ3n) is 8.79. The van der Waals surface area contributed by atoms with Gasteiger partial charge in [0.2, 0.25) is 0 Å². The molecular weight excluding hydrogens is 613 g/mol. The molecule has 4 aromatic carbocycles. The van der Waals surface area contributed by atoms with Gasteiger partial charge in [-0.1, -0.05) is 61.9 Å². The van der Waals surface area contributed by atoms with Crippen molar-refractivity contribution in [2.75, 3.05) is 18.0 Å². The van der Waals surface area contributed by atoms with E-state index in [0.29, 0.717) is 5.57 Å². The molecular formula is C41H40N4S2. The molecule has 0 unspecified atom stereocenters. The summed E-state index contributed by atoms with van der Waals surface area (Å²) in [6.07, 6.45) is 5.41. The van der Waals surface area contributed by atoms with Crippen molar-refractivity contribution in [2.24, 2.45) is 10.2 Å². The summed E-state index contributed by atoms with van der Waals surface area (Å²) in [4.78, 5) is 3.42. The Hall–Kier alpha value is -4.57. The summed E-state index contributed by atoms with van der Waals surface area (Å²) in [5, 5.41) is 22.8. The fourth-order valence-electron chi connectivity index (χ4n) is 6.29. The zero-order valence-corrected chi connectivity index (χ0v) is 29.4. The topological polar surface area (TPSA) is 51.8 Å². The number of anilines is 1. The maximum absolute atomic E-state index is 10.2. The van der Waals surface area contributed by atoms with Gasteiger partial charge in [0.15, 0.2) is 0 Å². The van der Waals surface area contributed by atoms with E-state index in [9.17, 15) is 5.26 Å². The van der Waals surface area contributed by atoms with Crippen LogP contribution in [0.4, 0.5) is 16.4 Å². The molecule has 0 spiro atoms. The Kier molecular flexibility index (Phi) is 9.96. The second-order valence-electron chi connectivity index (χ2n) is 11.9. The van der Waals surface area contributed by atoms with Gasteiger partial charge in [-0.25, -0.2) is 0 Å². The summed E-state index contributed by atoms with van der Waals surface area (Å²) in [6.45, 7) is 12.8. The predicted molar refractivity (Wildman–Crippen MR) is 205 cm³/mol. The first-order valence-electron chi connectivity index (χ1n) is 16.5. The van der Waals surface area contributed by atoms with Crippen LogP contribution in [0.3, 0.4) is 0 Å². The number of nitrogens with zero attached hydrogens (tertiary/aromatic N) is 4. The molecule has 0 aliphatic carbocycles. The molecule has 4 nitrogen and oxygen atoms in total. The number of benzene rings is 4. The van der Waals surface area contributed by atoms with E-state index in [4.69, 9.17) is 5.11 Å². The van der Waals surface area contributed by atoms with Gasteiger partial charge >= 0.3 is 0 Å². The lowest BCUT2D eigenvalue weighted by molar-refractivity contribution is 0.799. The van der Waals surface area contributed by atoms with Crippen molar-refractivity contribution in [3.8, 4) is 17.2 Å². The molecule has 0 saturated carbocycles. The monoisotopic (exact) mass is 652 g/mol. The van der Waals surface area contributed by atoms with Crippen LogP contribution in [0.1, 0.15) is 60.7 Å². The third kappa shape index (κ3) is 6.93. The number of unbranched alkanes of at least 4 members (excludes halogenated alkanes) is 1. The average molecular weight is 653 g/mol. The Bertz CT molecular complexity index is 2080. The standard InChI is InChI=1S/C41H40N4S2/c1-6-9-12-30-17-20-36(37-14-11-10-13-35(30)37)32(26-42)23-34-24-38-39(46-34)25-40(47-38)43-44-41-27(4)21-31(22-28(41)5)29-15-18-33(19-16-29)45(7-2)8-3/h10-11,13-25H,6-9,12H2,1-5H3/b32-23+,44-43+. The van der Waals surface area contributed by atoms with Gasteiger partial charge in [0.05, 0.1) is 17.3 Å². The Morgan fingerprint density at radius 3 is 2.15 bits per heavy atom. The van der Waals surface area contributed by atoms with E-state index in [1.165, 1.54) is 27.8 Å². The highest BCUT2D eigenvalue weighted by Crippen LogP contribution is 2.41. The van der Waals surface area contributed by atoms with E-state index in [1.807, 2.05) is 6.08 Å². The molecule has 2 heterocycles. The van der Waals surface area contributed by atoms with Gasteiger partial charge in [-0.3, -0.25) is 0 Å². The zero-order valence-electron chi connectivity index (χ0n) is 27.8. The molecule has 0 N–H and O–H groups in total. The molecule has 6 aromatic rings. The number of thiophene rings is 2. The highest BCUT2D eigenvalue weighted by molar-refractivity contribution is 7.30. The molecule has 2 aromatic heterocycles. The Balaban J connectivity index is 1.22. The van der Waals surface area contributed by atoms with Crippen molar-refractivity contribution in [1.82, 2.24) is 0 Å². The quantitative estimate of drug-likeness (QED) is 0.103. The van der Waals surface area contributed by atoms with Crippen LogP contribution in [0.15, 0.2) is 95.2 Å². The van der Waals surface area contributed by atoms with Crippen LogP contribution >= 0.6 is 22.7 Å². The Labute approximate surface area is 286 Å². The molecule has 0 aliphatic rings. The lowest BCUT2D eigenvalue weighted by atomic mass is 9.93. The lowest BCUT2D eigenvalue weighted by Gasteiger charge is -2.21. The third-order valence-corrected chi connectivity index (χ3v) is 10.9. The van der Waals surface area contributed by atoms with Crippen LogP contribution in [0.2, 0.25) is 0 Å². The maximum Gasteiger partial charge on any atom is 0.140 e. The molecule has 0 radical (unpaired) electrons. The van der Waals surface area contributed by atoms with Gasteiger partial charge in [-0.15, -0.1) is 32.9 Å². The van der Waals surface area contributed by atoms with Crippen molar-refractivity contribution in [1.29, 1.82) is 5.26 Å². The van der Waals surface area contributed by atoms with E-state index < -0.39 is 0 Å². The number of allylic oxidation sites excluding steroid dienone is 1. The van der Waals surface area contributed by atoms with Crippen molar-refractivity contribution in [3.05, 3.63) is 112 Å². The van der Waals surface area contributed by atoms with Gasteiger partial charge < -0.3 is 4.90 Å². The first kappa shape index (κ1) is 32.4. The minimum Gasteiger partial charge on any atom is -0.372 e. The average Bonchev–Trinajstić information content (AvgIpc) is 3.65. The fourth-order valence-corrected chi connectivity index (χ4v) is 8.46. The fraction of sp³-hybridized carbons (Fsp3) is 0.244. The normalized spacial score (nSPS) is 12.0. The number of hydrogen-bond acceptors (Lipinski definition) is 6. The first-order valence-corrected chi connectivity index (χ1v) is 18.1. The second kappa shape index (κ2) is 14.5. The molecule has 0 bridgehead atoms. The van der Waals surface area contributed by atoms with Crippen molar-refractivity contribution < 1.29 is 0 Å². The van der Waals surface area contributed by atoms with Crippen molar-refractivity contribution in [3.63, 3.8) is 0 Å². The largest absolute Gasteiger partial charge is 0.372 e. The number of rotatable bonds is 11. The SMILES string of the molecule is CCCCc1ccc(/C(C#N)=C/c2cc3sc(/N=N/c4c(C)cc(-c5ccc(N(CC)CC)cc5)cc4C)cc3s2)c2ccccc12. The predicted octanol–water partition coefficient (Wildman–Crippen LogP) is 13.1. The highest BCUT2D eigenvalue weighted by atomic mass is 32.1. The molecule has 47 heavy (non-hydrogen) atoms. The maximum atomic E-state index is 10.2. The molecule has 0 atom stereocenters. The van der Waals surface area contributed by atoms with Crippen LogP contribution in [-0.4, -0.2) is 13.1 Å². The second-order valence-corrected chi connectivity index (χ2v) is 14.1. The Morgan fingerprint density at radius 2 is 1.49 bits per heavy atom. The van der Waals surface area contributed by atoms with E-state index in [-0.39, 0.29) is 0 Å². The van der Waals surface area contributed by atoms with E-state index in [2.05, 4.69) is 136 Å². The molecule has 0 aliphatic heterocycles. The minimum atomic E-state index is 0.686. The lowest BCUT2D eigenvalue weighted by Crippen LogP contribution is -2.21. The molecule has 236 valence electrons. The van der Waals surface area contributed by atoms with E-state index in [1.54, 1.807) is 22.7 Å². The van der Waals surface area contributed by atoms with Crippen molar-refractivity contribution >= 4 is 70.9 Å². The first-order chi connectivity index (χ1) is 22.9. The number of fused-ring (bicyclic) bond motifs is 2. The number of hydrogen-bond donors (Lipinski definition) is 0. The molecule has 6 rings (SSSR count). The summed E-state index contributed by atoms with van der Waals surface area (Å²) in [5.41, 5.74) is 9.81. The van der Waals surface area contributed by atoms with Gasteiger partial charge in [-0.05, 0) is 122 Å². The number of aryl methyl sites for hydroxylation is 3. The van der Waals surface area contributed by atoms with Gasteiger partial charge in [0.1, 0.15) is 5.00 Å². The Morgan fingerprint density at radius 1 is 0.787 bits per heavy atom. The smallest absolute Gasteiger partial charge is 0.140 e. The van der Waals surface area contributed by atoms with Crippen molar-refractivity contribution in [2.45, 2.75) is 53.9 Å². The van der Waals surface area contributed by atoms with Crippen LogP contribution < -0.4 is 4.90 Å². The van der Waals surface area contributed by atoms with Gasteiger partial charge in [0.25, 0.3) is 0 Å².